The molecule has 20 heavy (non-hydrogen) atoms. The molecule has 0 atom stereocenters. The van der Waals surface area contributed by atoms with Crippen LogP contribution in [0.3, 0.4) is 0 Å². The Balaban J connectivity index is 1.90. The summed E-state index contributed by atoms with van der Waals surface area (Å²) in [7, 11) is 0. The van der Waals surface area contributed by atoms with Gasteiger partial charge >= 0.3 is 0 Å². The number of aryl methyl sites for hydroxylation is 1. The van der Waals surface area contributed by atoms with Crippen LogP contribution in [0, 0.1) is 6.92 Å². The molecule has 3 rings (SSSR count). The van der Waals surface area contributed by atoms with Gasteiger partial charge in [-0.05, 0) is 24.1 Å². The maximum absolute atomic E-state index is 6.11. The maximum Gasteiger partial charge on any atom is 0.124 e. The zero-order valence-corrected chi connectivity index (χ0v) is 11.8. The summed E-state index contributed by atoms with van der Waals surface area (Å²) >= 11 is 6.11. The summed E-state index contributed by atoms with van der Waals surface area (Å²) in [5, 5.41) is 9.45. The van der Waals surface area contributed by atoms with Gasteiger partial charge in [0, 0.05) is 11.5 Å². The highest BCUT2D eigenvalue weighted by atomic mass is 35.5. The molecular formula is C16H13ClN2O. The van der Waals surface area contributed by atoms with E-state index in [9.17, 15) is 0 Å². The molecule has 0 N–H and O–H groups in total. The van der Waals surface area contributed by atoms with Crippen LogP contribution in [0.2, 0.25) is 5.02 Å². The van der Waals surface area contributed by atoms with Crippen molar-refractivity contribution in [3.05, 3.63) is 64.8 Å². The summed E-state index contributed by atoms with van der Waals surface area (Å²) in [6.45, 7) is 2.53. The van der Waals surface area contributed by atoms with Crippen LogP contribution in [-0.2, 0) is 6.61 Å². The van der Waals surface area contributed by atoms with Crippen LogP contribution in [0.4, 0.5) is 0 Å². The fourth-order valence-corrected chi connectivity index (χ4v) is 2.25. The number of nitrogens with zero attached hydrogens (tertiary/aromatic N) is 2. The van der Waals surface area contributed by atoms with Crippen molar-refractivity contribution in [1.29, 1.82) is 0 Å². The van der Waals surface area contributed by atoms with Gasteiger partial charge in [-0.2, -0.15) is 10.2 Å². The van der Waals surface area contributed by atoms with Gasteiger partial charge in [-0.25, -0.2) is 0 Å². The molecule has 0 amide bonds. The molecule has 0 spiro atoms. The lowest BCUT2D eigenvalue weighted by atomic mass is 10.1. The quantitative estimate of drug-likeness (QED) is 0.724. The van der Waals surface area contributed by atoms with Crippen molar-refractivity contribution in [3.63, 3.8) is 0 Å². The molecular weight excluding hydrogens is 272 g/mol. The summed E-state index contributed by atoms with van der Waals surface area (Å²) < 4.78 is 5.86. The number of rotatable bonds is 3. The van der Waals surface area contributed by atoms with Crippen LogP contribution in [0.15, 0.2) is 48.7 Å². The summed E-state index contributed by atoms with van der Waals surface area (Å²) in [5.74, 6) is 0.804. The number of aromatic nitrogens is 2. The monoisotopic (exact) mass is 284 g/mol. The second-order valence-electron chi connectivity index (χ2n) is 4.60. The van der Waals surface area contributed by atoms with E-state index >= 15 is 0 Å². The average molecular weight is 285 g/mol. The first-order chi connectivity index (χ1) is 9.74. The van der Waals surface area contributed by atoms with Gasteiger partial charge in [0.15, 0.2) is 0 Å². The Morgan fingerprint density at radius 3 is 2.75 bits per heavy atom. The van der Waals surface area contributed by atoms with Crippen molar-refractivity contribution in [1.82, 2.24) is 10.2 Å². The van der Waals surface area contributed by atoms with Crippen molar-refractivity contribution in [2.75, 3.05) is 0 Å². The predicted octanol–water partition coefficient (Wildman–Crippen LogP) is 4.17. The summed E-state index contributed by atoms with van der Waals surface area (Å²) in [4.78, 5) is 0. The Hall–Kier alpha value is -2.13. The second-order valence-corrected chi connectivity index (χ2v) is 5.01. The van der Waals surface area contributed by atoms with Crippen LogP contribution in [0.1, 0.15) is 11.1 Å². The van der Waals surface area contributed by atoms with E-state index in [1.54, 1.807) is 6.20 Å². The number of hydrogen-bond donors (Lipinski definition) is 0. The van der Waals surface area contributed by atoms with Gasteiger partial charge in [0.2, 0.25) is 0 Å². The number of hydrogen-bond acceptors (Lipinski definition) is 3. The van der Waals surface area contributed by atoms with Crippen molar-refractivity contribution < 1.29 is 4.74 Å². The first kappa shape index (κ1) is 12.9. The topological polar surface area (TPSA) is 35.0 Å². The minimum Gasteiger partial charge on any atom is -0.489 e. The highest BCUT2D eigenvalue weighted by Crippen LogP contribution is 2.28. The van der Waals surface area contributed by atoms with Crippen molar-refractivity contribution >= 4 is 22.5 Å². The van der Waals surface area contributed by atoms with Crippen LogP contribution in [0.25, 0.3) is 10.9 Å². The van der Waals surface area contributed by atoms with Gasteiger partial charge in [-0.1, -0.05) is 41.9 Å². The van der Waals surface area contributed by atoms with Gasteiger partial charge in [-0.15, -0.1) is 0 Å². The first-order valence-electron chi connectivity index (χ1n) is 6.32. The van der Waals surface area contributed by atoms with Gasteiger partial charge in [0.1, 0.15) is 12.4 Å². The number of fused-ring (bicyclic) bond motifs is 1. The molecule has 0 bridgehead atoms. The zero-order chi connectivity index (χ0) is 13.9. The number of benzene rings is 2. The van der Waals surface area contributed by atoms with E-state index < -0.39 is 0 Å². The summed E-state index contributed by atoms with van der Waals surface area (Å²) in [5.41, 5.74) is 2.90. The van der Waals surface area contributed by atoms with E-state index in [2.05, 4.69) is 10.2 Å². The molecule has 3 nitrogen and oxygen atoms in total. The van der Waals surface area contributed by atoms with Gasteiger partial charge < -0.3 is 4.74 Å². The maximum atomic E-state index is 6.11. The molecule has 0 aliphatic rings. The van der Waals surface area contributed by atoms with E-state index in [0.717, 1.165) is 27.8 Å². The minimum absolute atomic E-state index is 0.529. The molecule has 0 unspecified atom stereocenters. The molecule has 3 aromatic rings. The van der Waals surface area contributed by atoms with Crippen LogP contribution < -0.4 is 4.74 Å². The molecule has 0 saturated heterocycles. The molecule has 0 saturated carbocycles. The highest BCUT2D eigenvalue weighted by Gasteiger charge is 2.07. The first-order valence-corrected chi connectivity index (χ1v) is 6.70. The van der Waals surface area contributed by atoms with E-state index in [4.69, 9.17) is 16.3 Å². The Labute approximate surface area is 122 Å². The van der Waals surface area contributed by atoms with Crippen LogP contribution in [-0.4, -0.2) is 10.2 Å². The van der Waals surface area contributed by atoms with Gasteiger partial charge in [0.25, 0.3) is 0 Å². The molecule has 4 heteroatoms. The van der Waals surface area contributed by atoms with E-state index in [1.165, 1.54) is 0 Å². The predicted molar refractivity (Wildman–Crippen MR) is 80.1 cm³/mol. The molecule has 0 aliphatic heterocycles. The lowest BCUT2D eigenvalue weighted by Gasteiger charge is -2.10. The van der Waals surface area contributed by atoms with E-state index in [1.807, 2.05) is 49.4 Å². The Morgan fingerprint density at radius 2 is 1.95 bits per heavy atom. The fraction of sp³-hybridized carbons (Fsp3) is 0.125. The Kier molecular flexibility index (Phi) is 3.52. The molecule has 0 fully saturated rings. The highest BCUT2D eigenvalue weighted by molar-refractivity contribution is 6.35. The fourth-order valence-electron chi connectivity index (χ4n) is 2.05. The third kappa shape index (κ3) is 2.58. The lowest BCUT2D eigenvalue weighted by Crippen LogP contribution is -1.97. The average Bonchev–Trinajstić information content (AvgIpc) is 2.47. The van der Waals surface area contributed by atoms with Crippen LogP contribution >= 0.6 is 11.6 Å². The van der Waals surface area contributed by atoms with Crippen molar-refractivity contribution in [3.8, 4) is 5.75 Å². The third-order valence-electron chi connectivity index (χ3n) is 3.12. The van der Waals surface area contributed by atoms with Gasteiger partial charge in [0.05, 0.1) is 16.7 Å². The van der Waals surface area contributed by atoms with Crippen molar-refractivity contribution in [2.45, 2.75) is 13.5 Å². The molecule has 1 heterocycles. The normalized spacial score (nSPS) is 10.7. The summed E-state index contributed by atoms with van der Waals surface area (Å²) in [6.07, 6.45) is 1.55. The number of ether oxygens (including phenoxy) is 1. The Morgan fingerprint density at radius 1 is 1.15 bits per heavy atom. The summed E-state index contributed by atoms with van der Waals surface area (Å²) in [6, 6.07) is 13.9. The standard InChI is InChI=1S/C16H13ClN2O/c1-11-7-13-14(17)9-18-19-15(13)8-16(11)20-10-12-5-3-2-4-6-12/h2-9H,10H2,1H3. The molecule has 0 radical (unpaired) electrons. The zero-order valence-electron chi connectivity index (χ0n) is 11.0. The Bertz CT molecular complexity index is 744. The smallest absolute Gasteiger partial charge is 0.124 e. The van der Waals surface area contributed by atoms with E-state index in [-0.39, 0.29) is 0 Å². The molecule has 1 aromatic heterocycles. The number of halogens is 1. The van der Waals surface area contributed by atoms with Crippen molar-refractivity contribution in [2.24, 2.45) is 0 Å². The molecule has 2 aromatic carbocycles. The lowest BCUT2D eigenvalue weighted by molar-refractivity contribution is 0.304. The second kappa shape index (κ2) is 5.47. The molecule has 0 aliphatic carbocycles. The minimum atomic E-state index is 0.529. The molecule has 100 valence electrons. The SMILES string of the molecule is Cc1cc2c(Cl)cnnc2cc1OCc1ccccc1. The largest absolute Gasteiger partial charge is 0.489 e. The third-order valence-corrected chi connectivity index (χ3v) is 3.43. The van der Waals surface area contributed by atoms with E-state index in [0.29, 0.717) is 11.6 Å². The van der Waals surface area contributed by atoms with Gasteiger partial charge in [-0.3, -0.25) is 0 Å². The van der Waals surface area contributed by atoms with Crippen LogP contribution in [0.5, 0.6) is 5.75 Å².